The number of hydrogen-bond donors (Lipinski definition) is 0. The molecule has 0 aliphatic rings. The number of halogens is 1. The van der Waals surface area contributed by atoms with Gasteiger partial charge < -0.3 is 4.74 Å². The Bertz CT molecular complexity index is 315. The summed E-state index contributed by atoms with van der Waals surface area (Å²) in [5.74, 6) is 2.22. The van der Waals surface area contributed by atoms with Crippen LogP contribution in [0.3, 0.4) is 0 Å². The summed E-state index contributed by atoms with van der Waals surface area (Å²) in [7, 11) is 0. The van der Waals surface area contributed by atoms with E-state index < -0.39 is 0 Å². The second kappa shape index (κ2) is 8.87. The first kappa shape index (κ1) is 14.9. The predicted molar refractivity (Wildman–Crippen MR) is 81.1 cm³/mol. The van der Waals surface area contributed by atoms with Gasteiger partial charge in [-0.1, -0.05) is 26.0 Å². The Morgan fingerprint density at radius 2 is 1.94 bits per heavy atom. The van der Waals surface area contributed by atoms with Crippen molar-refractivity contribution in [3.63, 3.8) is 0 Å². The molecular formula is C14H21BrOS. The largest absolute Gasteiger partial charge is 0.492 e. The highest BCUT2D eigenvalue weighted by molar-refractivity contribution is 9.10. The van der Waals surface area contributed by atoms with Crippen LogP contribution in [0.1, 0.15) is 33.1 Å². The molecule has 0 saturated carbocycles. The van der Waals surface area contributed by atoms with E-state index >= 15 is 0 Å². The third kappa shape index (κ3) is 6.99. The van der Waals surface area contributed by atoms with Crippen molar-refractivity contribution in [2.24, 2.45) is 0 Å². The molecule has 0 N–H and O–H groups in total. The smallest absolute Gasteiger partial charge is 0.133 e. The van der Waals surface area contributed by atoms with Crippen LogP contribution in [-0.4, -0.2) is 17.6 Å². The predicted octanol–water partition coefficient (Wildman–Crippen LogP) is 5.14. The summed E-state index contributed by atoms with van der Waals surface area (Å²) in [6.45, 7) is 5.32. The van der Waals surface area contributed by atoms with Crippen molar-refractivity contribution >= 4 is 27.7 Å². The van der Waals surface area contributed by atoms with Crippen molar-refractivity contribution in [2.45, 2.75) is 38.4 Å². The van der Waals surface area contributed by atoms with Crippen LogP contribution in [0, 0.1) is 0 Å². The zero-order valence-corrected chi connectivity index (χ0v) is 13.0. The molecule has 1 nitrogen and oxygen atoms in total. The highest BCUT2D eigenvalue weighted by Gasteiger charge is 1.99. The maximum Gasteiger partial charge on any atom is 0.133 e. The molecule has 17 heavy (non-hydrogen) atoms. The van der Waals surface area contributed by atoms with Gasteiger partial charge in [-0.2, -0.15) is 11.8 Å². The van der Waals surface area contributed by atoms with Crippen molar-refractivity contribution in [3.8, 4) is 5.75 Å². The molecule has 1 aromatic carbocycles. The molecule has 0 aliphatic carbocycles. The molecule has 0 aromatic heterocycles. The molecule has 0 unspecified atom stereocenters. The fourth-order valence-corrected chi connectivity index (χ4v) is 2.69. The van der Waals surface area contributed by atoms with Gasteiger partial charge >= 0.3 is 0 Å². The molecule has 1 rings (SSSR count). The van der Waals surface area contributed by atoms with Gasteiger partial charge in [-0.3, -0.25) is 0 Å². The Morgan fingerprint density at radius 1 is 1.18 bits per heavy atom. The molecule has 0 spiro atoms. The Hall–Kier alpha value is -0.150. The van der Waals surface area contributed by atoms with Gasteiger partial charge in [-0.25, -0.2) is 0 Å². The van der Waals surface area contributed by atoms with Crippen molar-refractivity contribution in [1.82, 2.24) is 0 Å². The minimum Gasteiger partial charge on any atom is -0.492 e. The minimum atomic E-state index is 0.756. The molecule has 0 saturated heterocycles. The average molecular weight is 317 g/mol. The number of hydrogen-bond acceptors (Lipinski definition) is 2. The van der Waals surface area contributed by atoms with Crippen molar-refractivity contribution in [2.75, 3.05) is 12.4 Å². The summed E-state index contributed by atoms with van der Waals surface area (Å²) in [6.07, 6.45) is 3.69. The molecule has 0 bridgehead atoms. The first-order valence-electron chi connectivity index (χ1n) is 6.19. The van der Waals surface area contributed by atoms with Gasteiger partial charge in [0.1, 0.15) is 5.75 Å². The Morgan fingerprint density at radius 3 is 2.65 bits per heavy atom. The third-order valence-corrected chi connectivity index (χ3v) is 4.18. The number of unbranched alkanes of at least 4 members (excludes halogenated alkanes) is 2. The highest BCUT2D eigenvalue weighted by atomic mass is 79.9. The second-order valence-electron chi connectivity index (χ2n) is 4.26. The molecule has 0 radical (unpaired) electrons. The Labute approximate surface area is 117 Å². The SMILES string of the molecule is CC(C)SCCCCCOc1ccccc1Br. The normalized spacial score (nSPS) is 10.8. The van der Waals surface area contributed by atoms with Crippen molar-refractivity contribution < 1.29 is 4.74 Å². The van der Waals surface area contributed by atoms with Crippen molar-refractivity contribution in [1.29, 1.82) is 0 Å². The molecular weight excluding hydrogens is 296 g/mol. The van der Waals surface area contributed by atoms with E-state index in [9.17, 15) is 0 Å². The van der Waals surface area contributed by atoms with E-state index in [-0.39, 0.29) is 0 Å². The lowest BCUT2D eigenvalue weighted by Gasteiger charge is -2.08. The summed E-state index contributed by atoms with van der Waals surface area (Å²) >= 11 is 5.52. The lowest BCUT2D eigenvalue weighted by atomic mass is 10.3. The topological polar surface area (TPSA) is 9.23 Å². The van der Waals surface area contributed by atoms with E-state index in [1.807, 2.05) is 36.0 Å². The average Bonchev–Trinajstić information content (AvgIpc) is 2.30. The number of thioether (sulfide) groups is 1. The molecule has 96 valence electrons. The summed E-state index contributed by atoms with van der Waals surface area (Å²) in [6, 6.07) is 8.01. The number of benzene rings is 1. The fourth-order valence-electron chi connectivity index (χ4n) is 1.44. The van der Waals surface area contributed by atoms with Gasteiger partial charge in [0.2, 0.25) is 0 Å². The zero-order chi connectivity index (χ0) is 12.5. The number of rotatable bonds is 8. The van der Waals surface area contributed by atoms with Crippen LogP contribution >= 0.6 is 27.7 Å². The Balaban J connectivity index is 2.03. The summed E-state index contributed by atoms with van der Waals surface area (Å²) in [4.78, 5) is 0. The molecule has 1 aromatic rings. The summed E-state index contributed by atoms with van der Waals surface area (Å²) in [5, 5.41) is 0.756. The fraction of sp³-hybridized carbons (Fsp3) is 0.571. The second-order valence-corrected chi connectivity index (χ2v) is 6.80. The first-order valence-corrected chi connectivity index (χ1v) is 8.03. The monoisotopic (exact) mass is 316 g/mol. The summed E-state index contributed by atoms with van der Waals surface area (Å²) in [5.41, 5.74) is 0. The lowest BCUT2D eigenvalue weighted by Crippen LogP contribution is -1.98. The number of ether oxygens (including phenoxy) is 1. The van der Waals surface area contributed by atoms with E-state index in [4.69, 9.17) is 4.74 Å². The van der Waals surface area contributed by atoms with Crippen molar-refractivity contribution in [3.05, 3.63) is 28.7 Å². The molecule has 0 atom stereocenters. The summed E-state index contributed by atoms with van der Waals surface area (Å²) < 4.78 is 6.75. The van der Waals surface area contributed by atoms with Gasteiger partial charge in [-0.15, -0.1) is 0 Å². The van der Waals surface area contributed by atoms with Crippen LogP contribution in [0.15, 0.2) is 28.7 Å². The maximum absolute atomic E-state index is 5.71. The Kier molecular flexibility index (Phi) is 7.78. The molecule has 0 aliphatic heterocycles. The lowest BCUT2D eigenvalue weighted by molar-refractivity contribution is 0.304. The van der Waals surface area contributed by atoms with Crippen LogP contribution < -0.4 is 4.74 Å². The third-order valence-electron chi connectivity index (χ3n) is 2.33. The van der Waals surface area contributed by atoms with Gasteiger partial charge in [0.25, 0.3) is 0 Å². The van der Waals surface area contributed by atoms with Gasteiger partial charge in [0.15, 0.2) is 0 Å². The molecule has 0 fully saturated rings. The van der Waals surface area contributed by atoms with E-state index in [2.05, 4.69) is 29.8 Å². The first-order chi connectivity index (χ1) is 8.20. The molecule has 0 amide bonds. The quantitative estimate of drug-likeness (QED) is 0.614. The van der Waals surface area contributed by atoms with Crippen LogP contribution in [0.2, 0.25) is 0 Å². The standard InChI is InChI=1S/C14H21BrOS/c1-12(2)17-11-7-3-6-10-16-14-9-5-4-8-13(14)15/h4-5,8-9,12H,3,6-7,10-11H2,1-2H3. The van der Waals surface area contributed by atoms with Crippen LogP contribution in [0.4, 0.5) is 0 Å². The zero-order valence-electron chi connectivity index (χ0n) is 10.6. The minimum absolute atomic E-state index is 0.756. The van der Waals surface area contributed by atoms with E-state index in [0.29, 0.717) is 0 Å². The van der Waals surface area contributed by atoms with Crippen LogP contribution in [0.5, 0.6) is 5.75 Å². The van der Waals surface area contributed by atoms with Gasteiger partial charge in [0.05, 0.1) is 11.1 Å². The molecule has 0 heterocycles. The van der Waals surface area contributed by atoms with E-state index in [1.165, 1.54) is 18.6 Å². The highest BCUT2D eigenvalue weighted by Crippen LogP contribution is 2.24. The van der Waals surface area contributed by atoms with Gasteiger partial charge in [-0.05, 0) is 58.3 Å². The van der Waals surface area contributed by atoms with Gasteiger partial charge in [0, 0.05) is 0 Å². The van der Waals surface area contributed by atoms with Crippen LogP contribution in [0.25, 0.3) is 0 Å². The van der Waals surface area contributed by atoms with E-state index in [1.54, 1.807) is 0 Å². The maximum atomic E-state index is 5.71. The van der Waals surface area contributed by atoms with Crippen LogP contribution in [-0.2, 0) is 0 Å². The van der Waals surface area contributed by atoms with E-state index in [0.717, 1.165) is 28.5 Å². The molecule has 3 heteroatoms. The number of para-hydroxylation sites is 1.